The van der Waals surface area contributed by atoms with Crippen LogP contribution in [0.1, 0.15) is 35.8 Å². The average Bonchev–Trinajstić information content (AvgIpc) is 3.13. The molecule has 0 spiro atoms. The Morgan fingerprint density at radius 1 is 1.32 bits per heavy atom. The van der Waals surface area contributed by atoms with Crippen molar-refractivity contribution in [1.29, 1.82) is 0 Å². The van der Waals surface area contributed by atoms with Crippen molar-refractivity contribution in [1.82, 2.24) is 9.78 Å². The van der Waals surface area contributed by atoms with Gasteiger partial charge < -0.3 is 9.84 Å². The predicted molar refractivity (Wildman–Crippen MR) is 72.1 cm³/mol. The normalized spacial score (nSPS) is 16.4. The van der Waals surface area contributed by atoms with Gasteiger partial charge in [0.1, 0.15) is 11.9 Å². The van der Waals surface area contributed by atoms with Gasteiger partial charge in [0.05, 0.1) is 11.8 Å². The van der Waals surface area contributed by atoms with Gasteiger partial charge in [-0.2, -0.15) is 5.10 Å². The Morgan fingerprint density at radius 2 is 2.00 bits per heavy atom. The lowest BCUT2D eigenvalue weighted by Crippen LogP contribution is -2.01. The number of hydrogen-bond acceptors (Lipinski definition) is 3. The van der Waals surface area contributed by atoms with Gasteiger partial charge in [-0.25, -0.2) is 0 Å². The van der Waals surface area contributed by atoms with E-state index < -0.39 is 6.10 Å². The van der Waals surface area contributed by atoms with Gasteiger partial charge in [0.15, 0.2) is 0 Å². The lowest BCUT2D eigenvalue weighted by Gasteiger charge is -2.11. The smallest absolute Gasteiger partial charge is 0.119 e. The molecule has 4 nitrogen and oxygen atoms in total. The second-order valence-corrected chi connectivity index (χ2v) is 5.13. The lowest BCUT2D eigenvalue weighted by molar-refractivity contribution is 0.219. The minimum Gasteiger partial charge on any atom is -0.490 e. The first-order chi connectivity index (χ1) is 9.13. The molecule has 4 heteroatoms. The highest BCUT2D eigenvalue weighted by Crippen LogP contribution is 2.29. The maximum Gasteiger partial charge on any atom is 0.119 e. The van der Waals surface area contributed by atoms with E-state index in [1.165, 1.54) is 0 Å². The van der Waals surface area contributed by atoms with Crippen LogP contribution in [-0.2, 0) is 7.05 Å². The molecule has 1 atom stereocenters. The van der Waals surface area contributed by atoms with E-state index in [0.717, 1.165) is 35.4 Å². The average molecular weight is 258 g/mol. The molecule has 0 radical (unpaired) electrons. The summed E-state index contributed by atoms with van der Waals surface area (Å²) in [5, 5.41) is 14.6. The molecule has 0 bridgehead atoms. The Morgan fingerprint density at radius 3 is 2.53 bits per heavy atom. The van der Waals surface area contributed by atoms with Gasteiger partial charge in [-0.05, 0) is 37.5 Å². The molecule has 0 aliphatic heterocycles. The third kappa shape index (κ3) is 2.63. The minimum absolute atomic E-state index is 0.399. The number of benzene rings is 1. The van der Waals surface area contributed by atoms with E-state index in [2.05, 4.69) is 5.10 Å². The molecule has 1 aliphatic rings. The number of nitrogens with zero attached hydrogens (tertiary/aromatic N) is 2. The summed E-state index contributed by atoms with van der Waals surface area (Å²) in [6.45, 7) is 1.91. The third-order valence-corrected chi connectivity index (χ3v) is 3.37. The molecule has 100 valence electrons. The molecule has 1 fully saturated rings. The zero-order valence-corrected chi connectivity index (χ0v) is 11.2. The van der Waals surface area contributed by atoms with E-state index in [0.29, 0.717) is 6.10 Å². The zero-order chi connectivity index (χ0) is 13.4. The van der Waals surface area contributed by atoms with Crippen molar-refractivity contribution in [2.75, 3.05) is 0 Å². The fraction of sp³-hybridized carbons (Fsp3) is 0.400. The van der Waals surface area contributed by atoms with E-state index in [-0.39, 0.29) is 0 Å². The Bertz CT molecular complexity index is 570. The molecule has 19 heavy (non-hydrogen) atoms. The fourth-order valence-electron chi connectivity index (χ4n) is 2.17. The number of aliphatic hydroxyl groups excluding tert-OH is 1. The second kappa shape index (κ2) is 4.70. The first-order valence-corrected chi connectivity index (χ1v) is 6.58. The maximum atomic E-state index is 10.4. The largest absolute Gasteiger partial charge is 0.490 e. The summed E-state index contributed by atoms with van der Waals surface area (Å²) in [6.07, 6.45) is 3.92. The number of aliphatic hydroxyl groups is 1. The molecule has 1 N–H and O–H groups in total. The van der Waals surface area contributed by atoms with Crippen LogP contribution < -0.4 is 4.74 Å². The molecule has 1 aromatic carbocycles. The first-order valence-electron chi connectivity index (χ1n) is 6.58. The Hall–Kier alpha value is -1.81. The van der Waals surface area contributed by atoms with E-state index in [1.807, 2.05) is 44.4 Å². The van der Waals surface area contributed by atoms with Crippen LogP contribution in [0.3, 0.4) is 0 Å². The van der Waals surface area contributed by atoms with Gasteiger partial charge in [0, 0.05) is 18.8 Å². The number of rotatable bonds is 4. The van der Waals surface area contributed by atoms with Crippen LogP contribution in [0, 0.1) is 6.92 Å². The van der Waals surface area contributed by atoms with Crippen LogP contribution in [-0.4, -0.2) is 21.0 Å². The molecule has 1 unspecified atom stereocenters. The van der Waals surface area contributed by atoms with E-state index in [4.69, 9.17) is 4.74 Å². The highest BCUT2D eigenvalue weighted by atomic mass is 16.5. The maximum absolute atomic E-state index is 10.4. The van der Waals surface area contributed by atoms with Gasteiger partial charge in [0.2, 0.25) is 0 Å². The molecule has 0 amide bonds. The van der Waals surface area contributed by atoms with Gasteiger partial charge >= 0.3 is 0 Å². The zero-order valence-electron chi connectivity index (χ0n) is 11.2. The van der Waals surface area contributed by atoms with Crippen LogP contribution in [0.5, 0.6) is 5.75 Å². The topological polar surface area (TPSA) is 47.3 Å². The van der Waals surface area contributed by atoms with Crippen molar-refractivity contribution in [3.8, 4) is 5.75 Å². The summed E-state index contributed by atoms with van der Waals surface area (Å²) < 4.78 is 7.42. The van der Waals surface area contributed by atoms with Crippen molar-refractivity contribution in [3.63, 3.8) is 0 Å². The molecule has 0 saturated heterocycles. The number of ether oxygens (including phenoxy) is 1. The summed E-state index contributed by atoms with van der Waals surface area (Å²) in [4.78, 5) is 0. The van der Waals surface area contributed by atoms with Crippen LogP contribution in [0.4, 0.5) is 0 Å². The lowest BCUT2D eigenvalue weighted by atomic mass is 10.0. The van der Waals surface area contributed by atoms with E-state index >= 15 is 0 Å². The monoisotopic (exact) mass is 258 g/mol. The summed E-state index contributed by atoms with van der Waals surface area (Å²) >= 11 is 0. The number of aromatic nitrogens is 2. The molecule has 1 aliphatic carbocycles. The molecule has 3 rings (SSSR count). The van der Waals surface area contributed by atoms with Crippen molar-refractivity contribution in [2.45, 2.75) is 32.0 Å². The highest BCUT2D eigenvalue weighted by Gasteiger charge is 2.23. The molecule has 1 saturated carbocycles. The van der Waals surface area contributed by atoms with Crippen LogP contribution in [0.2, 0.25) is 0 Å². The van der Waals surface area contributed by atoms with Crippen molar-refractivity contribution in [2.24, 2.45) is 7.05 Å². The molecular formula is C15H18N2O2. The summed E-state index contributed by atoms with van der Waals surface area (Å²) in [5.74, 6) is 0.876. The highest BCUT2D eigenvalue weighted by molar-refractivity contribution is 5.34. The third-order valence-electron chi connectivity index (χ3n) is 3.37. The molecular weight excluding hydrogens is 240 g/mol. The molecule has 2 aromatic rings. The Kier molecular flexibility index (Phi) is 3.03. The quantitative estimate of drug-likeness (QED) is 0.915. The van der Waals surface area contributed by atoms with Gasteiger partial charge in [-0.3, -0.25) is 4.68 Å². The number of hydrogen-bond donors (Lipinski definition) is 1. The van der Waals surface area contributed by atoms with Gasteiger partial charge in [-0.15, -0.1) is 0 Å². The summed E-state index contributed by atoms with van der Waals surface area (Å²) in [5.41, 5.74) is 2.56. The van der Waals surface area contributed by atoms with Gasteiger partial charge in [0.25, 0.3) is 0 Å². The van der Waals surface area contributed by atoms with E-state index in [1.54, 1.807) is 4.68 Å². The van der Waals surface area contributed by atoms with Crippen LogP contribution in [0.15, 0.2) is 30.5 Å². The second-order valence-electron chi connectivity index (χ2n) is 5.13. The molecule has 1 heterocycles. The van der Waals surface area contributed by atoms with Crippen LogP contribution in [0.25, 0.3) is 0 Å². The van der Waals surface area contributed by atoms with Crippen LogP contribution >= 0.6 is 0 Å². The minimum atomic E-state index is -0.635. The van der Waals surface area contributed by atoms with Crippen molar-refractivity contribution in [3.05, 3.63) is 47.3 Å². The number of aryl methyl sites for hydroxylation is 2. The SMILES string of the molecule is Cc1nn(C)cc1C(O)c1ccc(OC2CC2)cc1. The van der Waals surface area contributed by atoms with E-state index in [9.17, 15) is 5.11 Å². The first kappa shape index (κ1) is 12.2. The Labute approximate surface area is 112 Å². The van der Waals surface area contributed by atoms with Gasteiger partial charge in [-0.1, -0.05) is 12.1 Å². The fourth-order valence-corrected chi connectivity index (χ4v) is 2.17. The van der Waals surface area contributed by atoms with Crippen molar-refractivity contribution < 1.29 is 9.84 Å². The Balaban J connectivity index is 1.78. The summed E-state index contributed by atoms with van der Waals surface area (Å²) in [6, 6.07) is 7.66. The van der Waals surface area contributed by atoms with Crippen molar-refractivity contribution >= 4 is 0 Å². The summed E-state index contributed by atoms with van der Waals surface area (Å²) in [7, 11) is 1.86. The standard InChI is InChI=1S/C15H18N2O2/c1-10-14(9-17(2)16-10)15(18)11-3-5-12(6-4-11)19-13-7-8-13/h3-6,9,13,15,18H,7-8H2,1-2H3. The molecule has 1 aromatic heterocycles. The predicted octanol–water partition coefficient (Wildman–Crippen LogP) is 2.35.